The van der Waals surface area contributed by atoms with Gasteiger partial charge in [0.2, 0.25) is 0 Å². The summed E-state index contributed by atoms with van der Waals surface area (Å²) in [6.45, 7) is 3.15. The standard InChI is InChI=1S/C20H20N4O/c1-15-4-2-5-16(10-15)13-24-20(25)19-11-18(7-9-22-19)23-14-17-6-3-8-21-12-17/h2-12H,13-14H2,1H3,(H,22,23)(H,24,25). The Kier molecular flexibility index (Phi) is 5.36. The van der Waals surface area contributed by atoms with Crippen molar-refractivity contribution in [2.24, 2.45) is 0 Å². The number of benzene rings is 1. The summed E-state index contributed by atoms with van der Waals surface area (Å²) >= 11 is 0. The molecule has 0 saturated carbocycles. The summed E-state index contributed by atoms with van der Waals surface area (Å²) in [5.41, 5.74) is 4.55. The lowest BCUT2D eigenvalue weighted by molar-refractivity contribution is 0.0946. The average molecular weight is 332 g/mol. The molecule has 0 aliphatic carbocycles. The fourth-order valence-corrected chi connectivity index (χ4v) is 2.47. The highest BCUT2D eigenvalue weighted by Crippen LogP contribution is 2.10. The number of nitrogens with zero attached hydrogens (tertiary/aromatic N) is 2. The molecule has 0 unspecified atom stereocenters. The predicted molar refractivity (Wildman–Crippen MR) is 98.1 cm³/mol. The first-order chi connectivity index (χ1) is 12.2. The Morgan fingerprint density at radius 2 is 1.88 bits per heavy atom. The number of nitrogens with one attached hydrogen (secondary N) is 2. The van der Waals surface area contributed by atoms with Crippen LogP contribution in [0.4, 0.5) is 5.69 Å². The molecule has 2 aromatic heterocycles. The first kappa shape index (κ1) is 16.6. The third kappa shape index (κ3) is 4.88. The maximum atomic E-state index is 12.3. The molecule has 3 aromatic rings. The van der Waals surface area contributed by atoms with Crippen molar-refractivity contribution in [2.45, 2.75) is 20.0 Å². The van der Waals surface area contributed by atoms with Gasteiger partial charge < -0.3 is 10.6 Å². The molecule has 126 valence electrons. The average Bonchev–Trinajstić information content (AvgIpc) is 2.65. The van der Waals surface area contributed by atoms with E-state index in [1.54, 1.807) is 18.5 Å². The normalized spacial score (nSPS) is 10.3. The van der Waals surface area contributed by atoms with Crippen molar-refractivity contribution in [3.63, 3.8) is 0 Å². The van der Waals surface area contributed by atoms with Gasteiger partial charge in [-0.25, -0.2) is 0 Å². The number of aryl methyl sites for hydroxylation is 1. The van der Waals surface area contributed by atoms with Crippen LogP contribution < -0.4 is 10.6 Å². The fourth-order valence-electron chi connectivity index (χ4n) is 2.47. The van der Waals surface area contributed by atoms with E-state index in [0.29, 0.717) is 18.8 Å². The Morgan fingerprint density at radius 3 is 2.68 bits per heavy atom. The monoisotopic (exact) mass is 332 g/mol. The summed E-state index contributed by atoms with van der Waals surface area (Å²) in [6.07, 6.45) is 5.18. The molecule has 5 nitrogen and oxygen atoms in total. The van der Waals surface area contributed by atoms with Gasteiger partial charge in [-0.05, 0) is 36.2 Å². The van der Waals surface area contributed by atoms with Crippen LogP contribution in [-0.2, 0) is 13.1 Å². The topological polar surface area (TPSA) is 66.9 Å². The minimum Gasteiger partial charge on any atom is -0.381 e. The number of rotatable bonds is 6. The smallest absolute Gasteiger partial charge is 0.270 e. The van der Waals surface area contributed by atoms with Gasteiger partial charge in [0.25, 0.3) is 5.91 Å². The number of anilines is 1. The van der Waals surface area contributed by atoms with Crippen LogP contribution in [0, 0.1) is 6.92 Å². The Labute approximate surface area is 147 Å². The van der Waals surface area contributed by atoms with Gasteiger partial charge in [-0.1, -0.05) is 35.9 Å². The number of amides is 1. The van der Waals surface area contributed by atoms with Gasteiger partial charge >= 0.3 is 0 Å². The Bertz CT molecular complexity index is 849. The zero-order valence-electron chi connectivity index (χ0n) is 14.1. The summed E-state index contributed by atoms with van der Waals surface area (Å²) in [5.74, 6) is -0.188. The summed E-state index contributed by atoms with van der Waals surface area (Å²) in [6, 6.07) is 15.6. The lowest BCUT2D eigenvalue weighted by atomic mass is 10.1. The summed E-state index contributed by atoms with van der Waals surface area (Å²) in [4.78, 5) is 20.6. The van der Waals surface area contributed by atoms with Crippen molar-refractivity contribution in [3.05, 3.63) is 89.5 Å². The summed E-state index contributed by atoms with van der Waals surface area (Å²) in [7, 11) is 0. The van der Waals surface area contributed by atoms with E-state index < -0.39 is 0 Å². The molecule has 25 heavy (non-hydrogen) atoms. The lowest BCUT2D eigenvalue weighted by Gasteiger charge is -2.09. The van der Waals surface area contributed by atoms with Crippen molar-refractivity contribution in [1.82, 2.24) is 15.3 Å². The van der Waals surface area contributed by atoms with Crippen molar-refractivity contribution in [1.29, 1.82) is 0 Å². The quantitative estimate of drug-likeness (QED) is 0.726. The highest BCUT2D eigenvalue weighted by molar-refractivity contribution is 5.93. The van der Waals surface area contributed by atoms with Crippen LogP contribution in [-0.4, -0.2) is 15.9 Å². The molecule has 0 aliphatic rings. The highest BCUT2D eigenvalue weighted by Gasteiger charge is 2.08. The molecule has 0 aliphatic heterocycles. The molecule has 0 radical (unpaired) electrons. The minimum absolute atomic E-state index is 0.188. The van der Waals surface area contributed by atoms with Gasteiger partial charge in [0.1, 0.15) is 5.69 Å². The third-order valence-corrected chi connectivity index (χ3v) is 3.75. The van der Waals surface area contributed by atoms with E-state index in [-0.39, 0.29) is 5.91 Å². The zero-order chi connectivity index (χ0) is 17.5. The molecule has 0 spiro atoms. The Balaban J connectivity index is 1.59. The molecule has 0 bridgehead atoms. The van der Waals surface area contributed by atoms with Crippen molar-refractivity contribution in [3.8, 4) is 0 Å². The molecule has 2 heterocycles. The SMILES string of the molecule is Cc1cccc(CNC(=O)c2cc(NCc3cccnc3)ccn2)c1. The van der Waals surface area contributed by atoms with E-state index in [1.807, 2.05) is 49.5 Å². The fraction of sp³-hybridized carbons (Fsp3) is 0.150. The molecule has 5 heteroatoms. The van der Waals surface area contributed by atoms with Crippen LogP contribution in [0.25, 0.3) is 0 Å². The maximum Gasteiger partial charge on any atom is 0.270 e. The summed E-state index contributed by atoms with van der Waals surface area (Å²) in [5, 5.41) is 6.18. The minimum atomic E-state index is -0.188. The van der Waals surface area contributed by atoms with E-state index in [1.165, 1.54) is 5.56 Å². The van der Waals surface area contributed by atoms with Gasteiger partial charge in [0.15, 0.2) is 0 Å². The predicted octanol–water partition coefficient (Wildman–Crippen LogP) is 3.33. The number of carbonyl (C=O) groups is 1. The zero-order valence-corrected chi connectivity index (χ0v) is 14.1. The number of aromatic nitrogens is 2. The molecule has 3 rings (SSSR count). The van der Waals surface area contributed by atoms with Crippen LogP contribution in [0.3, 0.4) is 0 Å². The number of hydrogen-bond donors (Lipinski definition) is 2. The van der Waals surface area contributed by atoms with E-state index >= 15 is 0 Å². The maximum absolute atomic E-state index is 12.3. The molecule has 0 fully saturated rings. The van der Waals surface area contributed by atoms with Crippen molar-refractivity contribution >= 4 is 11.6 Å². The second-order valence-corrected chi connectivity index (χ2v) is 5.82. The van der Waals surface area contributed by atoms with E-state index in [9.17, 15) is 4.79 Å². The van der Waals surface area contributed by atoms with Crippen molar-refractivity contribution < 1.29 is 4.79 Å². The van der Waals surface area contributed by atoms with E-state index in [0.717, 1.165) is 16.8 Å². The third-order valence-electron chi connectivity index (χ3n) is 3.75. The van der Waals surface area contributed by atoms with E-state index in [4.69, 9.17) is 0 Å². The number of pyridine rings is 2. The second kappa shape index (κ2) is 8.06. The largest absolute Gasteiger partial charge is 0.381 e. The molecule has 1 amide bonds. The first-order valence-electron chi connectivity index (χ1n) is 8.13. The van der Waals surface area contributed by atoms with Gasteiger partial charge in [-0.15, -0.1) is 0 Å². The van der Waals surface area contributed by atoms with Gasteiger partial charge in [0.05, 0.1) is 0 Å². The molecule has 1 aromatic carbocycles. The highest BCUT2D eigenvalue weighted by atomic mass is 16.1. The van der Waals surface area contributed by atoms with Gasteiger partial charge in [0, 0.05) is 37.4 Å². The molecule has 0 atom stereocenters. The van der Waals surface area contributed by atoms with Crippen LogP contribution in [0.15, 0.2) is 67.1 Å². The van der Waals surface area contributed by atoms with Gasteiger partial charge in [-0.3, -0.25) is 14.8 Å². The molecule has 0 saturated heterocycles. The Morgan fingerprint density at radius 1 is 1.00 bits per heavy atom. The van der Waals surface area contributed by atoms with Crippen LogP contribution in [0.5, 0.6) is 0 Å². The van der Waals surface area contributed by atoms with Crippen LogP contribution in [0.1, 0.15) is 27.2 Å². The molecule has 2 N–H and O–H groups in total. The number of hydrogen-bond acceptors (Lipinski definition) is 4. The van der Waals surface area contributed by atoms with Crippen LogP contribution >= 0.6 is 0 Å². The van der Waals surface area contributed by atoms with Crippen LogP contribution in [0.2, 0.25) is 0 Å². The number of carbonyl (C=O) groups excluding carboxylic acids is 1. The van der Waals surface area contributed by atoms with Gasteiger partial charge in [-0.2, -0.15) is 0 Å². The van der Waals surface area contributed by atoms with Crippen molar-refractivity contribution in [2.75, 3.05) is 5.32 Å². The second-order valence-electron chi connectivity index (χ2n) is 5.82. The summed E-state index contributed by atoms with van der Waals surface area (Å²) < 4.78 is 0. The Hall–Kier alpha value is -3.21. The first-order valence-corrected chi connectivity index (χ1v) is 8.13. The molecular formula is C20H20N4O. The lowest BCUT2D eigenvalue weighted by Crippen LogP contribution is -2.23. The van der Waals surface area contributed by atoms with E-state index in [2.05, 4.69) is 26.7 Å². The molecular weight excluding hydrogens is 312 g/mol.